The number of nitrogen functional groups attached to an aromatic ring is 1. The highest BCUT2D eigenvalue weighted by atomic mass is 35.5. The van der Waals surface area contributed by atoms with E-state index < -0.39 is 0 Å². The second-order valence-electron chi connectivity index (χ2n) is 6.40. The lowest BCUT2D eigenvalue weighted by Gasteiger charge is -2.07. The topological polar surface area (TPSA) is 94.2 Å². The van der Waals surface area contributed by atoms with Gasteiger partial charge >= 0.3 is 0 Å². The molecular weight excluding hydrogens is 400 g/mol. The van der Waals surface area contributed by atoms with E-state index in [2.05, 4.69) is 15.0 Å². The van der Waals surface area contributed by atoms with Crippen LogP contribution in [0.15, 0.2) is 85.3 Å². The van der Waals surface area contributed by atoms with Gasteiger partial charge in [-0.1, -0.05) is 23.7 Å². The van der Waals surface area contributed by atoms with Gasteiger partial charge in [0, 0.05) is 23.2 Å². The first kappa shape index (κ1) is 19.4. The van der Waals surface area contributed by atoms with Crippen LogP contribution in [0.2, 0.25) is 5.02 Å². The minimum Gasteiger partial charge on any atom is -0.508 e. The number of aromatic hydroxyl groups is 1. The summed E-state index contributed by atoms with van der Waals surface area (Å²) in [5, 5.41) is 11.4. The molecule has 0 atom stereocenters. The van der Waals surface area contributed by atoms with Crippen LogP contribution in [0.25, 0.3) is 21.8 Å². The molecule has 3 aromatic heterocycles. The van der Waals surface area contributed by atoms with Crippen molar-refractivity contribution in [3.8, 4) is 17.4 Å². The van der Waals surface area contributed by atoms with Crippen LogP contribution >= 0.6 is 11.6 Å². The number of hydrogen-bond donors (Lipinski definition) is 2. The van der Waals surface area contributed by atoms with Crippen LogP contribution in [-0.4, -0.2) is 20.1 Å². The predicted octanol–water partition coefficient (Wildman–Crippen LogP) is 5.60. The van der Waals surface area contributed by atoms with Gasteiger partial charge in [-0.25, -0.2) is 4.98 Å². The molecule has 0 aliphatic heterocycles. The molecule has 0 aliphatic carbocycles. The Morgan fingerprint density at radius 3 is 2.17 bits per heavy atom. The van der Waals surface area contributed by atoms with Crippen LogP contribution < -0.4 is 10.5 Å². The number of pyridine rings is 3. The number of halogens is 1. The highest BCUT2D eigenvalue weighted by molar-refractivity contribution is 6.32. The van der Waals surface area contributed by atoms with E-state index in [9.17, 15) is 0 Å². The molecule has 0 saturated heterocycles. The minimum atomic E-state index is 0.283. The molecule has 0 fully saturated rings. The molecule has 0 unspecified atom stereocenters. The highest BCUT2D eigenvalue weighted by Gasteiger charge is 2.06. The average Bonchev–Trinajstić information content (AvgIpc) is 2.76. The summed E-state index contributed by atoms with van der Waals surface area (Å²) in [7, 11) is 0. The highest BCUT2D eigenvalue weighted by Crippen LogP contribution is 2.29. The molecule has 5 aromatic rings. The molecular formula is C23H17ClN4O2. The Bertz CT molecular complexity index is 1330. The maximum Gasteiger partial charge on any atom is 0.238 e. The SMILES string of the molecule is Nc1cnc(Oc2ccc3ncccc3c2)c(Cl)c1.Oc1ccc2ncccc2c1. The number of fused-ring (bicyclic) bond motifs is 2. The zero-order valence-corrected chi connectivity index (χ0v) is 16.5. The molecule has 30 heavy (non-hydrogen) atoms. The number of phenols is 1. The first-order chi connectivity index (χ1) is 14.6. The van der Waals surface area contributed by atoms with Crippen LogP contribution in [-0.2, 0) is 0 Å². The second kappa shape index (κ2) is 8.63. The van der Waals surface area contributed by atoms with E-state index in [1.54, 1.807) is 36.7 Å². The van der Waals surface area contributed by atoms with Crippen LogP contribution in [0.1, 0.15) is 0 Å². The van der Waals surface area contributed by atoms with Gasteiger partial charge in [0.15, 0.2) is 0 Å². The Morgan fingerprint density at radius 2 is 1.47 bits per heavy atom. The number of nitrogens with two attached hydrogens (primary N) is 1. The van der Waals surface area contributed by atoms with E-state index in [0.717, 1.165) is 21.8 Å². The van der Waals surface area contributed by atoms with E-state index in [0.29, 0.717) is 22.3 Å². The fourth-order valence-corrected chi connectivity index (χ4v) is 3.02. The van der Waals surface area contributed by atoms with Gasteiger partial charge < -0.3 is 15.6 Å². The molecule has 0 saturated carbocycles. The van der Waals surface area contributed by atoms with E-state index in [1.807, 2.05) is 42.5 Å². The summed E-state index contributed by atoms with van der Waals surface area (Å²) in [6.07, 6.45) is 4.99. The number of hydrogen-bond acceptors (Lipinski definition) is 6. The van der Waals surface area contributed by atoms with E-state index in [-0.39, 0.29) is 5.75 Å². The van der Waals surface area contributed by atoms with Crippen LogP contribution in [0, 0.1) is 0 Å². The number of anilines is 1. The maximum atomic E-state index is 9.10. The molecule has 0 radical (unpaired) electrons. The molecule has 148 valence electrons. The monoisotopic (exact) mass is 416 g/mol. The summed E-state index contributed by atoms with van der Waals surface area (Å²) in [6, 6.07) is 19.9. The van der Waals surface area contributed by atoms with Gasteiger partial charge in [-0.2, -0.15) is 0 Å². The van der Waals surface area contributed by atoms with E-state index in [1.165, 1.54) is 6.20 Å². The summed E-state index contributed by atoms with van der Waals surface area (Å²) >= 11 is 6.02. The molecule has 5 rings (SSSR count). The summed E-state index contributed by atoms with van der Waals surface area (Å²) in [5.41, 5.74) is 7.90. The third-order valence-corrected chi connectivity index (χ3v) is 4.47. The molecule has 0 aliphatic rings. The summed E-state index contributed by atoms with van der Waals surface area (Å²) in [6.45, 7) is 0. The van der Waals surface area contributed by atoms with Crippen molar-refractivity contribution >= 4 is 39.1 Å². The van der Waals surface area contributed by atoms with Gasteiger partial charge in [-0.05, 0) is 54.6 Å². The fraction of sp³-hybridized carbons (Fsp3) is 0. The van der Waals surface area contributed by atoms with Gasteiger partial charge in [0.25, 0.3) is 0 Å². The Labute approximate surface area is 177 Å². The van der Waals surface area contributed by atoms with Gasteiger partial charge in [0.05, 0.1) is 22.9 Å². The van der Waals surface area contributed by atoms with Crippen LogP contribution in [0.3, 0.4) is 0 Å². The molecule has 2 aromatic carbocycles. The number of rotatable bonds is 2. The quantitative estimate of drug-likeness (QED) is 0.389. The van der Waals surface area contributed by atoms with Crippen LogP contribution in [0.4, 0.5) is 5.69 Å². The molecule has 3 heterocycles. The Hall–Kier alpha value is -3.90. The van der Waals surface area contributed by atoms with E-state index >= 15 is 0 Å². The standard InChI is InChI=1S/C14H10ClN3O.C9H7NO/c15-12-7-10(16)8-18-14(12)19-11-3-4-13-9(6-11)2-1-5-17-13;11-8-3-4-9-7(6-8)2-1-5-10-9/h1-8H,16H2;1-6,11H. The van der Waals surface area contributed by atoms with Crippen LogP contribution in [0.5, 0.6) is 17.4 Å². The van der Waals surface area contributed by atoms with Crippen molar-refractivity contribution in [1.29, 1.82) is 0 Å². The van der Waals surface area contributed by atoms with Gasteiger partial charge in [-0.15, -0.1) is 0 Å². The summed E-state index contributed by atoms with van der Waals surface area (Å²) in [4.78, 5) is 12.4. The lowest BCUT2D eigenvalue weighted by Crippen LogP contribution is -1.92. The summed E-state index contributed by atoms with van der Waals surface area (Å²) in [5.74, 6) is 1.27. The Kier molecular flexibility index (Phi) is 5.59. The zero-order valence-electron chi connectivity index (χ0n) is 15.7. The molecule has 0 amide bonds. The van der Waals surface area contributed by atoms with Crippen molar-refractivity contribution < 1.29 is 9.84 Å². The third-order valence-electron chi connectivity index (χ3n) is 4.20. The molecule has 0 spiro atoms. The van der Waals surface area contributed by atoms with Gasteiger partial charge in [0.1, 0.15) is 16.5 Å². The molecule has 0 bridgehead atoms. The number of phenolic OH excluding ortho intramolecular Hbond substituents is 1. The number of ether oxygens (including phenoxy) is 1. The van der Waals surface area contributed by atoms with E-state index in [4.69, 9.17) is 27.2 Å². The number of benzene rings is 2. The van der Waals surface area contributed by atoms with Crippen molar-refractivity contribution in [3.63, 3.8) is 0 Å². The fourth-order valence-electron chi connectivity index (χ4n) is 2.81. The zero-order chi connectivity index (χ0) is 20.9. The molecule has 3 N–H and O–H groups in total. The summed E-state index contributed by atoms with van der Waals surface area (Å²) < 4.78 is 5.65. The largest absolute Gasteiger partial charge is 0.508 e. The average molecular weight is 417 g/mol. The Balaban J connectivity index is 0.000000168. The third kappa shape index (κ3) is 4.56. The van der Waals surface area contributed by atoms with Crippen molar-refractivity contribution in [2.45, 2.75) is 0 Å². The van der Waals surface area contributed by atoms with Crippen molar-refractivity contribution in [2.75, 3.05) is 5.73 Å². The maximum absolute atomic E-state index is 9.10. The first-order valence-corrected chi connectivity index (χ1v) is 9.44. The molecule has 6 nitrogen and oxygen atoms in total. The molecule has 7 heteroatoms. The number of aromatic nitrogens is 3. The van der Waals surface area contributed by atoms with Crippen molar-refractivity contribution in [1.82, 2.24) is 15.0 Å². The lowest BCUT2D eigenvalue weighted by atomic mass is 10.2. The minimum absolute atomic E-state index is 0.283. The van der Waals surface area contributed by atoms with Crippen molar-refractivity contribution in [2.24, 2.45) is 0 Å². The first-order valence-electron chi connectivity index (χ1n) is 9.06. The van der Waals surface area contributed by atoms with Crippen molar-refractivity contribution in [3.05, 3.63) is 90.3 Å². The van der Waals surface area contributed by atoms with Gasteiger partial charge in [0.2, 0.25) is 5.88 Å². The second-order valence-corrected chi connectivity index (χ2v) is 6.80. The smallest absolute Gasteiger partial charge is 0.238 e. The number of nitrogens with zero attached hydrogens (tertiary/aromatic N) is 3. The van der Waals surface area contributed by atoms with Gasteiger partial charge in [-0.3, -0.25) is 9.97 Å². The Morgan fingerprint density at radius 1 is 0.800 bits per heavy atom. The lowest BCUT2D eigenvalue weighted by molar-refractivity contribution is 0.464. The predicted molar refractivity (Wildman–Crippen MR) is 119 cm³/mol. The normalized spacial score (nSPS) is 10.4.